The third-order valence-corrected chi connectivity index (χ3v) is 5.55. The summed E-state index contributed by atoms with van der Waals surface area (Å²) in [5, 5.41) is 1.16. The zero-order valence-corrected chi connectivity index (χ0v) is 16.2. The second kappa shape index (κ2) is 7.83. The fourth-order valence-corrected chi connectivity index (χ4v) is 4.11. The molecule has 3 nitrogen and oxygen atoms in total. The molecule has 1 saturated heterocycles. The monoisotopic (exact) mass is 417 g/mol. The number of aromatic nitrogens is 1. The molecule has 1 aliphatic rings. The van der Waals surface area contributed by atoms with E-state index in [9.17, 15) is 0 Å². The van der Waals surface area contributed by atoms with E-state index in [1.54, 1.807) is 0 Å². The molecule has 0 amide bonds. The van der Waals surface area contributed by atoms with Crippen LogP contribution in [0.2, 0.25) is 0 Å². The van der Waals surface area contributed by atoms with Crippen molar-refractivity contribution in [3.63, 3.8) is 0 Å². The number of nitrogens with two attached hydrogens (primary N) is 1. The second-order valence-corrected chi connectivity index (χ2v) is 7.34. The SMILES string of the molecule is Cl.N[C@@H]1CN(Cc2ccc(Br)c3cccnc23)C[C@H]1c1ccccc1. The fourth-order valence-electron chi connectivity index (χ4n) is 3.66. The number of pyridine rings is 1. The van der Waals surface area contributed by atoms with Crippen LogP contribution in [-0.4, -0.2) is 29.0 Å². The molecule has 2 aromatic carbocycles. The standard InChI is InChI=1S/C20H20BrN3.ClH/c21-18-9-8-15(20-16(18)7-4-10-23-20)11-24-12-17(19(22)13-24)14-5-2-1-3-6-14;/h1-10,17,19H,11-13,22H2;1H/t17-,19+;/m0./s1. The molecular weight excluding hydrogens is 398 g/mol. The van der Waals surface area contributed by atoms with E-state index in [-0.39, 0.29) is 18.4 Å². The van der Waals surface area contributed by atoms with Gasteiger partial charge in [-0.1, -0.05) is 58.4 Å². The highest BCUT2D eigenvalue weighted by molar-refractivity contribution is 9.10. The lowest BCUT2D eigenvalue weighted by atomic mass is 9.95. The van der Waals surface area contributed by atoms with Crippen molar-refractivity contribution in [1.29, 1.82) is 0 Å². The van der Waals surface area contributed by atoms with Gasteiger partial charge in [-0.05, 0) is 23.3 Å². The quantitative estimate of drug-likeness (QED) is 0.688. The maximum atomic E-state index is 6.43. The molecule has 130 valence electrons. The summed E-state index contributed by atoms with van der Waals surface area (Å²) in [6, 6.07) is 19.2. The van der Waals surface area contributed by atoms with Gasteiger partial charge in [0.15, 0.2) is 0 Å². The number of fused-ring (bicyclic) bond motifs is 1. The number of hydrogen-bond acceptors (Lipinski definition) is 3. The van der Waals surface area contributed by atoms with E-state index in [0.29, 0.717) is 5.92 Å². The van der Waals surface area contributed by atoms with Crippen LogP contribution in [0.15, 0.2) is 65.3 Å². The van der Waals surface area contributed by atoms with Crippen molar-refractivity contribution < 1.29 is 0 Å². The Morgan fingerprint density at radius 1 is 1.04 bits per heavy atom. The molecule has 4 rings (SSSR count). The summed E-state index contributed by atoms with van der Waals surface area (Å²) in [5.74, 6) is 0.404. The summed E-state index contributed by atoms with van der Waals surface area (Å²) < 4.78 is 1.09. The molecule has 1 fully saturated rings. The van der Waals surface area contributed by atoms with Crippen molar-refractivity contribution in [3.05, 3.63) is 76.4 Å². The molecule has 0 unspecified atom stereocenters. The summed E-state index contributed by atoms with van der Waals surface area (Å²) >= 11 is 3.62. The summed E-state index contributed by atoms with van der Waals surface area (Å²) in [6.07, 6.45) is 1.86. The fraction of sp³-hybridized carbons (Fsp3) is 0.250. The minimum absolute atomic E-state index is 0. The molecule has 2 atom stereocenters. The van der Waals surface area contributed by atoms with Gasteiger partial charge in [0.05, 0.1) is 5.52 Å². The molecule has 0 aliphatic carbocycles. The lowest BCUT2D eigenvalue weighted by molar-refractivity contribution is 0.325. The van der Waals surface area contributed by atoms with Gasteiger partial charge < -0.3 is 5.73 Å². The molecule has 3 aromatic rings. The van der Waals surface area contributed by atoms with Gasteiger partial charge in [-0.15, -0.1) is 12.4 Å². The molecule has 0 radical (unpaired) electrons. The highest BCUT2D eigenvalue weighted by atomic mass is 79.9. The van der Waals surface area contributed by atoms with Gasteiger partial charge in [-0.25, -0.2) is 0 Å². The van der Waals surface area contributed by atoms with Gasteiger partial charge >= 0.3 is 0 Å². The van der Waals surface area contributed by atoms with E-state index in [0.717, 1.165) is 35.0 Å². The van der Waals surface area contributed by atoms with Crippen LogP contribution in [0.3, 0.4) is 0 Å². The van der Waals surface area contributed by atoms with Crippen molar-refractivity contribution in [2.45, 2.75) is 18.5 Å². The van der Waals surface area contributed by atoms with Crippen LogP contribution in [0.1, 0.15) is 17.0 Å². The number of halogens is 2. The Balaban J connectivity index is 0.00000182. The molecular formula is C20H21BrClN3. The topological polar surface area (TPSA) is 42.1 Å². The Morgan fingerprint density at radius 3 is 2.64 bits per heavy atom. The third kappa shape index (κ3) is 3.72. The Labute approximate surface area is 162 Å². The first-order chi connectivity index (χ1) is 11.7. The number of rotatable bonds is 3. The molecule has 1 aliphatic heterocycles. The Bertz CT molecular complexity index is 856. The second-order valence-electron chi connectivity index (χ2n) is 6.48. The van der Waals surface area contributed by atoms with Gasteiger partial charge in [0, 0.05) is 47.6 Å². The first kappa shape index (κ1) is 18.3. The van der Waals surface area contributed by atoms with Crippen molar-refractivity contribution >= 4 is 39.2 Å². The predicted octanol–water partition coefficient (Wildman–Crippen LogP) is 4.35. The van der Waals surface area contributed by atoms with E-state index in [1.807, 2.05) is 12.3 Å². The van der Waals surface area contributed by atoms with Crippen LogP contribution in [0.4, 0.5) is 0 Å². The van der Waals surface area contributed by atoms with Crippen molar-refractivity contribution in [1.82, 2.24) is 9.88 Å². The highest BCUT2D eigenvalue weighted by Gasteiger charge is 2.31. The summed E-state index contributed by atoms with van der Waals surface area (Å²) in [5.41, 5.74) is 10.1. The van der Waals surface area contributed by atoms with Crippen LogP contribution in [0, 0.1) is 0 Å². The molecule has 0 saturated carbocycles. The molecule has 0 spiro atoms. The van der Waals surface area contributed by atoms with Crippen LogP contribution >= 0.6 is 28.3 Å². The van der Waals surface area contributed by atoms with E-state index in [2.05, 4.69) is 74.3 Å². The maximum absolute atomic E-state index is 6.43. The Hall–Kier alpha value is -1.46. The Kier molecular flexibility index (Phi) is 5.74. The van der Waals surface area contributed by atoms with Crippen LogP contribution < -0.4 is 5.73 Å². The van der Waals surface area contributed by atoms with E-state index in [1.165, 1.54) is 11.1 Å². The van der Waals surface area contributed by atoms with E-state index < -0.39 is 0 Å². The zero-order chi connectivity index (χ0) is 16.5. The number of hydrogen-bond donors (Lipinski definition) is 1. The number of nitrogens with zero attached hydrogens (tertiary/aromatic N) is 2. The first-order valence-corrected chi connectivity index (χ1v) is 9.06. The molecule has 25 heavy (non-hydrogen) atoms. The predicted molar refractivity (Wildman–Crippen MR) is 109 cm³/mol. The maximum Gasteiger partial charge on any atom is 0.0758 e. The average molecular weight is 419 g/mol. The normalized spacial score (nSPS) is 20.6. The van der Waals surface area contributed by atoms with E-state index >= 15 is 0 Å². The minimum Gasteiger partial charge on any atom is -0.326 e. The molecule has 2 N–H and O–H groups in total. The van der Waals surface area contributed by atoms with Crippen LogP contribution in [0.25, 0.3) is 10.9 Å². The molecule has 5 heteroatoms. The zero-order valence-electron chi connectivity index (χ0n) is 13.8. The number of benzene rings is 2. The Morgan fingerprint density at radius 2 is 1.84 bits per heavy atom. The van der Waals surface area contributed by atoms with Crippen molar-refractivity contribution in [3.8, 4) is 0 Å². The number of likely N-dealkylation sites (tertiary alicyclic amines) is 1. The highest BCUT2D eigenvalue weighted by Crippen LogP contribution is 2.30. The average Bonchev–Trinajstić information content (AvgIpc) is 2.99. The molecule has 0 bridgehead atoms. The van der Waals surface area contributed by atoms with Gasteiger partial charge in [0.1, 0.15) is 0 Å². The summed E-state index contributed by atoms with van der Waals surface area (Å²) in [4.78, 5) is 7.04. The van der Waals surface area contributed by atoms with Crippen LogP contribution in [-0.2, 0) is 6.54 Å². The third-order valence-electron chi connectivity index (χ3n) is 4.86. The molecule has 1 aromatic heterocycles. The lowest BCUT2D eigenvalue weighted by Gasteiger charge is -2.17. The van der Waals surface area contributed by atoms with Crippen molar-refractivity contribution in [2.75, 3.05) is 13.1 Å². The van der Waals surface area contributed by atoms with Gasteiger partial charge in [0.25, 0.3) is 0 Å². The van der Waals surface area contributed by atoms with Gasteiger partial charge in [-0.2, -0.15) is 0 Å². The lowest BCUT2D eigenvalue weighted by Crippen LogP contribution is -2.28. The van der Waals surface area contributed by atoms with Gasteiger partial charge in [0.2, 0.25) is 0 Å². The summed E-state index contributed by atoms with van der Waals surface area (Å²) in [7, 11) is 0. The minimum atomic E-state index is 0. The van der Waals surface area contributed by atoms with E-state index in [4.69, 9.17) is 5.73 Å². The van der Waals surface area contributed by atoms with Crippen LogP contribution in [0.5, 0.6) is 0 Å². The van der Waals surface area contributed by atoms with Crippen molar-refractivity contribution in [2.24, 2.45) is 5.73 Å². The largest absolute Gasteiger partial charge is 0.326 e. The smallest absolute Gasteiger partial charge is 0.0758 e. The van der Waals surface area contributed by atoms with Gasteiger partial charge in [-0.3, -0.25) is 9.88 Å². The first-order valence-electron chi connectivity index (χ1n) is 8.27. The summed E-state index contributed by atoms with van der Waals surface area (Å²) in [6.45, 7) is 2.80. The molecule has 2 heterocycles.